The van der Waals surface area contributed by atoms with Crippen LogP contribution >= 0.6 is 8.15 Å². The van der Waals surface area contributed by atoms with Crippen LogP contribution in [0.15, 0.2) is 91.0 Å². The summed E-state index contributed by atoms with van der Waals surface area (Å²) in [5, 5.41) is 1.34. The van der Waals surface area contributed by atoms with E-state index in [1.165, 1.54) is 22.9 Å². The molecule has 2 heteroatoms. The van der Waals surface area contributed by atoms with Crippen molar-refractivity contribution in [3.63, 3.8) is 0 Å². The quantitative estimate of drug-likeness (QED) is 0.579. The monoisotopic (exact) mass is 332 g/mol. The zero-order chi connectivity index (χ0) is 16.2. The van der Waals surface area contributed by atoms with Crippen LogP contribution in [0.4, 0.5) is 0 Å². The Morgan fingerprint density at radius 2 is 1.17 bits per heavy atom. The number of hydrogen-bond acceptors (Lipinski definition) is 1. The van der Waals surface area contributed by atoms with Crippen LogP contribution < -0.4 is 5.30 Å². The average molecular weight is 332 g/mol. The van der Waals surface area contributed by atoms with Gasteiger partial charge in [-0.25, -0.2) is 0 Å². The first-order valence-corrected chi connectivity index (χ1v) is 9.96. The van der Waals surface area contributed by atoms with Crippen LogP contribution in [0.25, 0.3) is 0 Å². The molecule has 0 bridgehead atoms. The summed E-state index contributed by atoms with van der Waals surface area (Å²) in [5.41, 5.74) is 2.20. The highest BCUT2D eigenvalue weighted by molar-refractivity contribution is 7.60. The molecule has 1 heterocycles. The molecule has 1 aliphatic rings. The molecule has 1 aliphatic heterocycles. The van der Waals surface area contributed by atoms with Gasteiger partial charge >= 0.3 is 0 Å². The van der Waals surface area contributed by atoms with Gasteiger partial charge in [-0.1, -0.05) is 91.0 Å². The maximum atomic E-state index is 6.90. The van der Waals surface area contributed by atoms with E-state index in [0.717, 1.165) is 12.6 Å². The van der Waals surface area contributed by atoms with Gasteiger partial charge < -0.3 is 4.52 Å². The summed E-state index contributed by atoms with van der Waals surface area (Å²) in [6.45, 7) is 0. The van der Waals surface area contributed by atoms with Crippen molar-refractivity contribution in [3.8, 4) is 0 Å². The fraction of sp³-hybridized carbons (Fsp3) is 0.182. The van der Waals surface area contributed by atoms with Crippen LogP contribution in [0.5, 0.6) is 0 Å². The minimum absolute atomic E-state index is 0.331. The van der Waals surface area contributed by atoms with Gasteiger partial charge in [0.2, 0.25) is 0 Å². The first-order chi connectivity index (χ1) is 11.9. The van der Waals surface area contributed by atoms with Gasteiger partial charge in [0.05, 0.1) is 8.15 Å². The van der Waals surface area contributed by atoms with Gasteiger partial charge in [0, 0.05) is 5.30 Å². The molecule has 0 amide bonds. The molecule has 24 heavy (non-hydrogen) atoms. The molecule has 3 aromatic carbocycles. The van der Waals surface area contributed by atoms with E-state index in [1.54, 1.807) is 0 Å². The van der Waals surface area contributed by atoms with Crippen molar-refractivity contribution >= 4 is 13.5 Å². The van der Waals surface area contributed by atoms with Crippen molar-refractivity contribution in [1.82, 2.24) is 0 Å². The van der Waals surface area contributed by atoms with Crippen LogP contribution in [-0.2, 0) is 10.1 Å². The molecule has 1 nitrogen and oxygen atoms in total. The molecule has 0 aliphatic carbocycles. The van der Waals surface area contributed by atoms with E-state index in [4.69, 9.17) is 4.52 Å². The third-order valence-corrected chi connectivity index (χ3v) is 6.81. The Morgan fingerprint density at radius 3 is 1.71 bits per heavy atom. The normalized spacial score (nSPS) is 19.8. The Kier molecular flexibility index (Phi) is 4.47. The van der Waals surface area contributed by atoms with Crippen LogP contribution in [0, 0.1) is 0 Å². The Hall–Kier alpha value is -1.95. The van der Waals surface area contributed by atoms with Crippen molar-refractivity contribution in [3.05, 3.63) is 102 Å². The van der Waals surface area contributed by atoms with Gasteiger partial charge in [-0.3, -0.25) is 0 Å². The zero-order valence-electron chi connectivity index (χ0n) is 13.6. The standard InChI is InChI=1S/C22H21OP/c1-4-11-19(12-5-1)22(20-13-6-2-7-14-20)17-10-18-24(23-22)21-15-8-3-9-16-21/h1-9,11-16H,10,17-18H2. The molecule has 0 aromatic heterocycles. The van der Waals surface area contributed by atoms with E-state index in [9.17, 15) is 0 Å². The second-order valence-corrected chi connectivity index (χ2v) is 8.09. The Balaban J connectivity index is 1.79. The topological polar surface area (TPSA) is 9.23 Å². The van der Waals surface area contributed by atoms with E-state index in [-0.39, 0.29) is 5.60 Å². The van der Waals surface area contributed by atoms with Crippen molar-refractivity contribution in [2.75, 3.05) is 6.16 Å². The molecule has 0 N–H and O–H groups in total. The van der Waals surface area contributed by atoms with E-state index >= 15 is 0 Å². The smallest absolute Gasteiger partial charge is 0.123 e. The predicted octanol–water partition coefficient (Wildman–Crippen LogP) is 5.46. The first-order valence-electron chi connectivity index (χ1n) is 8.51. The van der Waals surface area contributed by atoms with Gasteiger partial charge in [0.1, 0.15) is 5.60 Å². The van der Waals surface area contributed by atoms with Crippen LogP contribution in [-0.4, -0.2) is 6.16 Å². The lowest BCUT2D eigenvalue weighted by Gasteiger charge is -2.42. The second-order valence-electron chi connectivity index (χ2n) is 6.19. The minimum Gasteiger partial charge on any atom is -0.339 e. The molecule has 0 radical (unpaired) electrons. The van der Waals surface area contributed by atoms with Gasteiger partial charge in [-0.05, 0) is 30.1 Å². The number of rotatable bonds is 3. The Labute approximate surface area is 145 Å². The average Bonchev–Trinajstić information content (AvgIpc) is 2.70. The van der Waals surface area contributed by atoms with Crippen LogP contribution in [0.2, 0.25) is 0 Å². The van der Waals surface area contributed by atoms with Gasteiger partial charge in [0.25, 0.3) is 0 Å². The predicted molar refractivity (Wildman–Crippen MR) is 102 cm³/mol. The summed E-state index contributed by atoms with van der Waals surface area (Å²) in [5.74, 6) is 0. The lowest BCUT2D eigenvalue weighted by atomic mass is 9.83. The largest absolute Gasteiger partial charge is 0.339 e. The maximum Gasteiger partial charge on any atom is 0.123 e. The molecule has 0 saturated carbocycles. The highest BCUT2D eigenvalue weighted by Gasteiger charge is 2.41. The molecule has 1 atom stereocenters. The van der Waals surface area contributed by atoms with E-state index in [0.29, 0.717) is 0 Å². The summed E-state index contributed by atoms with van der Waals surface area (Å²) in [6, 6.07) is 32.1. The lowest BCUT2D eigenvalue weighted by molar-refractivity contribution is 0.107. The van der Waals surface area contributed by atoms with Gasteiger partial charge in [-0.15, -0.1) is 0 Å². The fourth-order valence-electron chi connectivity index (χ4n) is 3.50. The summed E-state index contributed by atoms with van der Waals surface area (Å²) >= 11 is 0. The van der Waals surface area contributed by atoms with Crippen molar-refractivity contribution in [2.24, 2.45) is 0 Å². The van der Waals surface area contributed by atoms with Crippen molar-refractivity contribution in [1.29, 1.82) is 0 Å². The molecule has 0 spiro atoms. The van der Waals surface area contributed by atoms with E-state index in [1.807, 2.05) is 0 Å². The molecular formula is C22H21OP. The lowest BCUT2D eigenvalue weighted by Crippen LogP contribution is -2.34. The van der Waals surface area contributed by atoms with E-state index < -0.39 is 8.15 Å². The molecule has 1 unspecified atom stereocenters. The number of hydrogen-bond donors (Lipinski definition) is 0. The molecule has 120 valence electrons. The molecule has 1 fully saturated rings. The minimum atomic E-state index is -0.602. The van der Waals surface area contributed by atoms with Gasteiger partial charge in [-0.2, -0.15) is 0 Å². The highest BCUT2D eigenvalue weighted by atomic mass is 31.1. The molecule has 1 saturated heterocycles. The molecule has 4 rings (SSSR count). The van der Waals surface area contributed by atoms with E-state index in [2.05, 4.69) is 91.0 Å². The Morgan fingerprint density at radius 1 is 0.667 bits per heavy atom. The molecular weight excluding hydrogens is 311 g/mol. The fourth-order valence-corrected chi connectivity index (χ4v) is 5.59. The summed E-state index contributed by atoms with van der Waals surface area (Å²) < 4.78 is 6.90. The van der Waals surface area contributed by atoms with Gasteiger partial charge in [0.15, 0.2) is 0 Å². The van der Waals surface area contributed by atoms with Crippen LogP contribution in [0.1, 0.15) is 24.0 Å². The summed E-state index contributed by atoms with van der Waals surface area (Å²) in [6.07, 6.45) is 3.36. The number of benzene rings is 3. The molecule has 3 aromatic rings. The maximum absolute atomic E-state index is 6.90. The van der Waals surface area contributed by atoms with Crippen molar-refractivity contribution in [2.45, 2.75) is 18.4 Å². The van der Waals surface area contributed by atoms with Crippen molar-refractivity contribution < 1.29 is 4.52 Å². The summed E-state index contributed by atoms with van der Waals surface area (Å²) in [7, 11) is -0.602. The third-order valence-electron chi connectivity index (χ3n) is 4.68. The summed E-state index contributed by atoms with van der Waals surface area (Å²) in [4.78, 5) is 0. The first kappa shape index (κ1) is 15.6. The second kappa shape index (κ2) is 6.89. The Bertz CT molecular complexity index is 731. The van der Waals surface area contributed by atoms with Crippen LogP contribution in [0.3, 0.4) is 0 Å². The SMILES string of the molecule is c1ccc(P2CCCC(c3ccccc3)(c3ccccc3)O2)cc1. The third kappa shape index (κ3) is 2.90. The highest BCUT2D eigenvalue weighted by Crippen LogP contribution is 2.54. The zero-order valence-corrected chi connectivity index (χ0v) is 14.5.